The van der Waals surface area contributed by atoms with Gasteiger partial charge in [-0.1, -0.05) is 11.6 Å². The molecule has 36 heavy (non-hydrogen) atoms. The third-order valence-electron chi connectivity index (χ3n) is 7.91. The smallest absolute Gasteiger partial charge is 0.258 e. The Morgan fingerprint density at radius 3 is 2.69 bits per heavy atom. The number of hydrogen-bond acceptors (Lipinski definition) is 6. The Bertz CT molecular complexity index is 1350. The highest BCUT2D eigenvalue weighted by Crippen LogP contribution is 2.38. The van der Waals surface area contributed by atoms with Crippen LogP contribution < -0.4 is 4.74 Å². The van der Waals surface area contributed by atoms with Gasteiger partial charge in [0.2, 0.25) is 0 Å². The Morgan fingerprint density at radius 2 is 1.97 bits per heavy atom. The number of aliphatic hydroxyl groups excluding tert-OH is 1. The second-order valence-electron chi connectivity index (χ2n) is 10.1. The second-order valence-corrected chi connectivity index (χ2v) is 10.5. The van der Waals surface area contributed by atoms with Gasteiger partial charge in [-0.25, -0.2) is 13.9 Å². The van der Waals surface area contributed by atoms with Gasteiger partial charge >= 0.3 is 0 Å². The van der Waals surface area contributed by atoms with Crippen molar-refractivity contribution in [3.8, 4) is 5.75 Å². The lowest BCUT2D eigenvalue weighted by molar-refractivity contribution is 0.0380. The number of piperidine rings is 1. The highest BCUT2D eigenvalue weighted by molar-refractivity contribution is 6.31. The normalized spacial score (nSPS) is 23.5. The number of halogens is 2. The monoisotopic (exact) mass is 513 g/mol. The fourth-order valence-corrected chi connectivity index (χ4v) is 6.30. The number of amides is 1. The average Bonchev–Trinajstić information content (AvgIpc) is 3.48. The van der Waals surface area contributed by atoms with Crippen LogP contribution in [0.4, 0.5) is 4.39 Å². The van der Waals surface area contributed by atoms with E-state index in [4.69, 9.17) is 16.3 Å². The van der Waals surface area contributed by atoms with E-state index in [-0.39, 0.29) is 24.4 Å². The summed E-state index contributed by atoms with van der Waals surface area (Å²) in [4.78, 5) is 22.3. The molecule has 1 amide bonds. The first-order chi connectivity index (χ1) is 17.3. The molecule has 0 spiro atoms. The highest BCUT2D eigenvalue weighted by Gasteiger charge is 2.41. The van der Waals surface area contributed by atoms with Gasteiger partial charge in [-0.3, -0.25) is 9.69 Å². The Labute approximate surface area is 213 Å². The number of rotatable bonds is 5. The number of hydrogen-bond donors (Lipinski definition) is 1. The molecule has 0 aliphatic carbocycles. The van der Waals surface area contributed by atoms with Crippen LogP contribution in [0.15, 0.2) is 18.2 Å². The summed E-state index contributed by atoms with van der Waals surface area (Å²) < 4.78 is 22.3. The number of aliphatic hydroxyl groups is 1. The quantitative estimate of drug-likeness (QED) is 0.560. The van der Waals surface area contributed by atoms with E-state index in [2.05, 4.69) is 15.0 Å². The molecule has 2 aromatic heterocycles. The Kier molecular flexibility index (Phi) is 5.89. The molecule has 0 saturated carbocycles. The van der Waals surface area contributed by atoms with Crippen molar-refractivity contribution in [2.75, 3.05) is 13.2 Å². The molecule has 2 unspecified atom stereocenters. The average molecular weight is 514 g/mol. The van der Waals surface area contributed by atoms with Gasteiger partial charge < -0.3 is 14.7 Å². The van der Waals surface area contributed by atoms with Crippen molar-refractivity contribution in [2.45, 2.75) is 70.8 Å². The van der Waals surface area contributed by atoms with Crippen molar-refractivity contribution in [2.24, 2.45) is 0 Å². The van der Waals surface area contributed by atoms with Crippen LogP contribution in [0.2, 0.25) is 5.02 Å². The Morgan fingerprint density at radius 1 is 1.22 bits per heavy atom. The number of carbonyl (C=O) groups excluding carboxylic acids is 1. The molecular weight excluding hydrogens is 485 g/mol. The van der Waals surface area contributed by atoms with Gasteiger partial charge in [0.15, 0.2) is 5.65 Å². The number of fused-ring (bicyclic) bond motifs is 5. The minimum absolute atomic E-state index is 0.0920. The molecule has 2 bridgehead atoms. The first kappa shape index (κ1) is 23.6. The number of ether oxygens (including phenoxy) is 1. The number of carbonyl (C=O) groups is 1. The van der Waals surface area contributed by atoms with Crippen LogP contribution in [0.1, 0.15) is 58.7 Å². The van der Waals surface area contributed by atoms with Gasteiger partial charge in [-0.15, -0.1) is 0 Å². The van der Waals surface area contributed by atoms with Gasteiger partial charge in [0.1, 0.15) is 17.7 Å². The molecule has 3 atom stereocenters. The van der Waals surface area contributed by atoms with Crippen LogP contribution in [0, 0.1) is 19.7 Å². The molecule has 0 radical (unpaired) electrons. The Hall–Kier alpha value is -2.75. The van der Waals surface area contributed by atoms with Crippen molar-refractivity contribution >= 4 is 23.2 Å². The molecule has 1 N–H and O–H groups in total. The molecule has 3 aliphatic rings. The van der Waals surface area contributed by atoms with E-state index >= 15 is 0 Å². The molecule has 3 aliphatic heterocycles. The van der Waals surface area contributed by atoms with E-state index in [1.807, 2.05) is 13.8 Å². The molecule has 2 saturated heterocycles. The lowest BCUT2D eigenvalue weighted by Gasteiger charge is -2.38. The van der Waals surface area contributed by atoms with Crippen molar-refractivity contribution in [1.29, 1.82) is 0 Å². The molecule has 1 aromatic carbocycles. The first-order valence-electron chi connectivity index (χ1n) is 12.5. The van der Waals surface area contributed by atoms with Crippen LogP contribution in [0.25, 0.3) is 5.65 Å². The summed E-state index contributed by atoms with van der Waals surface area (Å²) in [6.45, 7) is 5.28. The SMILES string of the molecule is Cc1nc2c3c(nn2c(C)c1Cl)CN(C(=O)c1ccc(F)cc1OC1CC2CC[C@H](C1)N2CCO)C3. The summed E-state index contributed by atoms with van der Waals surface area (Å²) in [6, 6.07) is 4.84. The molecule has 3 aromatic rings. The first-order valence-corrected chi connectivity index (χ1v) is 12.9. The second kappa shape index (κ2) is 8.97. The topological polar surface area (TPSA) is 83.2 Å². The van der Waals surface area contributed by atoms with Gasteiger partial charge in [0.25, 0.3) is 5.91 Å². The predicted octanol–water partition coefficient (Wildman–Crippen LogP) is 3.66. The largest absolute Gasteiger partial charge is 0.489 e. The third-order valence-corrected chi connectivity index (χ3v) is 8.46. The van der Waals surface area contributed by atoms with Crippen LogP contribution in [-0.4, -0.2) is 66.8 Å². The van der Waals surface area contributed by atoms with E-state index in [1.54, 1.807) is 9.42 Å². The van der Waals surface area contributed by atoms with Crippen LogP contribution >= 0.6 is 11.6 Å². The summed E-state index contributed by atoms with van der Waals surface area (Å²) in [5, 5.41) is 14.6. The number of aromatic nitrogens is 3. The number of aryl methyl sites for hydroxylation is 2. The van der Waals surface area contributed by atoms with Gasteiger partial charge in [-0.05, 0) is 51.7 Å². The zero-order valence-corrected chi connectivity index (χ0v) is 21.1. The van der Waals surface area contributed by atoms with Crippen LogP contribution in [-0.2, 0) is 13.1 Å². The van der Waals surface area contributed by atoms with E-state index in [0.29, 0.717) is 48.0 Å². The highest BCUT2D eigenvalue weighted by atomic mass is 35.5. The number of benzene rings is 1. The van der Waals surface area contributed by atoms with E-state index < -0.39 is 5.82 Å². The summed E-state index contributed by atoms with van der Waals surface area (Å²) in [7, 11) is 0. The summed E-state index contributed by atoms with van der Waals surface area (Å²) in [6.07, 6.45) is 3.67. The molecule has 2 fully saturated rings. The maximum atomic E-state index is 14.2. The minimum atomic E-state index is -0.434. The maximum Gasteiger partial charge on any atom is 0.258 e. The van der Waals surface area contributed by atoms with Gasteiger partial charge in [-0.2, -0.15) is 5.10 Å². The summed E-state index contributed by atoms with van der Waals surface area (Å²) >= 11 is 6.35. The van der Waals surface area contributed by atoms with Crippen molar-refractivity contribution in [3.05, 3.63) is 57.2 Å². The van der Waals surface area contributed by atoms with E-state index in [9.17, 15) is 14.3 Å². The van der Waals surface area contributed by atoms with E-state index in [0.717, 1.165) is 48.3 Å². The third kappa shape index (κ3) is 3.84. The summed E-state index contributed by atoms with van der Waals surface area (Å²) in [5.41, 5.74) is 4.30. The predicted molar refractivity (Wildman–Crippen MR) is 132 cm³/mol. The molecular formula is C26H29ClFN5O3. The number of nitrogens with zero attached hydrogens (tertiary/aromatic N) is 5. The van der Waals surface area contributed by atoms with Crippen molar-refractivity contribution in [3.63, 3.8) is 0 Å². The zero-order chi connectivity index (χ0) is 25.1. The van der Waals surface area contributed by atoms with Crippen molar-refractivity contribution < 1.29 is 19.0 Å². The Balaban J connectivity index is 1.23. The summed E-state index contributed by atoms with van der Waals surface area (Å²) in [5.74, 6) is -0.365. The fraction of sp³-hybridized carbons (Fsp3) is 0.500. The van der Waals surface area contributed by atoms with Crippen LogP contribution in [0.5, 0.6) is 5.75 Å². The molecule has 8 nitrogen and oxygen atoms in total. The van der Waals surface area contributed by atoms with Gasteiger partial charge in [0.05, 0.1) is 47.4 Å². The standard InChI is InChI=1S/C26H29ClFN5O3/c1-14-24(27)15(2)33-25(29-14)21-12-31(13-22(21)30-33)26(35)20-6-3-16(28)9-23(20)36-19-10-17-4-5-18(11-19)32(17)7-8-34/h3,6,9,17-19,34H,4-5,7-8,10-13H2,1-2H3/t17-,18?,19?/m1/s1. The van der Waals surface area contributed by atoms with E-state index in [1.165, 1.54) is 18.2 Å². The zero-order valence-electron chi connectivity index (χ0n) is 20.4. The molecule has 10 heteroatoms. The molecule has 5 heterocycles. The lowest BCUT2D eigenvalue weighted by Crippen LogP contribution is -2.47. The van der Waals surface area contributed by atoms with Crippen LogP contribution in [0.3, 0.4) is 0 Å². The molecule has 6 rings (SSSR count). The fourth-order valence-electron chi connectivity index (χ4n) is 6.18. The maximum absolute atomic E-state index is 14.2. The van der Waals surface area contributed by atoms with Crippen molar-refractivity contribution in [1.82, 2.24) is 24.4 Å². The van der Waals surface area contributed by atoms with Gasteiger partial charge in [0, 0.05) is 30.3 Å². The minimum Gasteiger partial charge on any atom is -0.489 e. The molecule has 190 valence electrons. The lowest BCUT2D eigenvalue weighted by atomic mass is 9.99.